The highest BCUT2D eigenvalue weighted by Gasteiger charge is 2.37. The van der Waals surface area contributed by atoms with Gasteiger partial charge in [-0.2, -0.15) is 4.31 Å². The molecule has 3 rings (SSSR count). The molecule has 0 saturated heterocycles. The molecular weight excluding hydrogens is 407 g/mol. The standard InChI is InChI=1S/C22H29FN2O4S/c1-15-12-25(16(2)14-26)30(27,28)22-9-8-18(17-6-5-7-19(23)10-17)11-20(22)29-21(15)13-24(3)4/h5-11,15-16,21,26H,12-14H2,1-4H3/t15-,16+,21-/m0/s1. The molecule has 164 valence electrons. The van der Waals surface area contributed by atoms with Crippen molar-refractivity contribution in [3.05, 3.63) is 48.3 Å². The number of benzene rings is 2. The molecule has 3 atom stereocenters. The lowest BCUT2D eigenvalue weighted by Crippen LogP contribution is -2.49. The summed E-state index contributed by atoms with van der Waals surface area (Å²) in [5.74, 6) is -0.234. The third-order valence-electron chi connectivity index (χ3n) is 5.37. The van der Waals surface area contributed by atoms with E-state index in [0.717, 1.165) is 0 Å². The minimum absolute atomic E-state index is 0.0543. The van der Waals surface area contributed by atoms with Crippen LogP contribution in [-0.4, -0.2) is 68.7 Å². The number of aliphatic hydroxyl groups is 1. The number of nitrogens with zero attached hydrogens (tertiary/aromatic N) is 2. The summed E-state index contributed by atoms with van der Waals surface area (Å²) in [6.45, 7) is 4.21. The SMILES string of the molecule is C[C@H](CO)N1C[C@H](C)[C@H](CN(C)C)Oc2cc(-c3cccc(F)c3)ccc2S1(=O)=O. The second-order valence-electron chi connectivity index (χ2n) is 8.17. The number of rotatable bonds is 5. The molecule has 0 aromatic heterocycles. The Kier molecular flexibility index (Phi) is 6.81. The van der Waals surface area contributed by atoms with Gasteiger partial charge in [0.1, 0.15) is 22.6 Å². The van der Waals surface area contributed by atoms with Gasteiger partial charge in [-0.15, -0.1) is 0 Å². The molecule has 0 fully saturated rings. The zero-order chi connectivity index (χ0) is 22.1. The van der Waals surface area contributed by atoms with Crippen molar-refractivity contribution in [2.24, 2.45) is 5.92 Å². The largest absolute Gasteiger partial charge is 0.487 e. The van der Waals surface area contributed by atoms with Crippen LogP contribution in [0, 0.1) is 11.7 Å². The van der Waals surface area contributed by atoms with Crippen LogP contribution in [0.4, 0.5) is 4.39 Å². The summed E-state index contributed by atoms with van der Waals surface area (Å²) in [4.78, 5) is 2.05. The molecule has 8 heteroatoms. The van der Waals surface area contributed by atoms with Crippen molar-refractivity contribution >= 4 is 10.0 Å². The van der Waals surface area contributed by atoms with Gasteiger partial charge in [-0.25, -0.2) is 12.8 Å². The lowest BCUT2D eigenvalue weighted by molar-refractivity contribution is 0.0813. The molecule has 0 amide bonds. The third kappa shape index (κ3) is 4.67. The molecule has 6 nitrogen and oxygen atoms in total. The number of hydrogen-bond donors (Lipinski definition) is 1. The van der Waals surface area contributed by atoms with Crippen molar-refractivity contribution in [3.8, 4) is 16.9 Å². The molecule has 0 spiro atoms. The van der Waals surface area contributed by atoms with Crippen LogP contribution in [0.25, 0.3) is 11.1 Å². The zero-order valence-corrected chi connectivity index (χ0v) is 18.6. The molecule has 0 radical (unpaired) electrons. The van der Waals surface area contributed by atoms with E-state index in [1.165, 1.54) is 22.5 Å². The van der Waals surface area contributed by atoms with E-state index < -0.39 is 16.1 Å². The predicted molar refractivity (Wildman–Crippen MR) is 114 cm³/mol. The van der Waals surface area contributed by atoms with Crippen LogP contribution in [-0.2, 0) is 10.0 Å². The van der Waals surface area contributed by atoms with Gasteiger partial charge >= 0.3 is 0 Å². The van der Waals surface area contributed by atoms with Crippen LogP contribution >= 0.6 is 0 Å². The summed E-state index contributed by atoms with van der Waals surface area (Å²) in [6.07, 6.45) is -0.259. The number of halogens is 1. The summed E-state index contributed by atoms with van der Waals surface area (Å²) in [5.41, 5.74) is 1.31. The lowest BCUT2D eigenvalue weighted by atomic mass is 10.0. The lowest BCUT2D eigenvalue weighted by Gasteiger charge is -2.37. The van der Waals surface area contributed by atoms with E-state index in [-0.39, 0.29) is 41.6 Å². The van der Waals surface area contributed by atoms with Crippen molar-refractivity contribution in [2.75, 3.05) is 33.8 Å². The predicted octanol–water partition coefficient (Wildman–Crippen LogP) is 2.82. The molecule has 1 aliphatic rings. The average molecular weight is 437 g/mol. The molecular formula is C22H29FN2O4S. The normalized spacial score (nSPS) is 22.6. The van der Waals surface area contributed by atoms with Crippen LogP contribution in [0.15, 0.2) is 47.4 Å². The number of aliphatic hydroxyl groups excluding tert-OH is 1. The first-order valence-electron chi connectivity index (χ1n) is 9.97. The average Bonchev–Trinajstić information content (AvgIpc) is 2.69. The Morgan fingerprint density at radius 1 is 1.23 bits per heavy atom. The van der Waals surface area contributed by atoms with Gasteiger partial charge in [-0.05, 0) is 56.4 Å². The molecule has 1 heterocycles. The van der Waals surface area contributed by atoms with Crippen molar-refractivity contribution in [3.63, 3.8) is 0 Å². The first kappa shape index (κ1) is 22.7. The van der Waals surface area contributed by atoms with Gasteiger partial charge in [0, 0.05) is 25.0 Å². The van der Waals surface area contributed by atoms with Crippen molar-refractivity contribution in [1.29, 1.82) is 0 Å². The Balaban J connectivity index is 2.15. The van der Waals surface area contributed by atoms with E-state index in [0.29, 0.717) is 17.7 Å². The minimum atomic E-state index is -3.89. The number of likely N-dealkylation sites (N-methyl/N-ethyl adjacent to an activating group) is 1. The summed E-state index contributed by atoms with van der Waals surface area (Å²) in [5, 5.41) is 9.66. The van der Waals surface area contributed by atoms with E-state index in [2.05, 4.69) is 0 Å². The highest BCUT2D eigenvalue weighted by molar-refractivity contribution is 7.89. The fourth-order valence-corrected chi connectivity index (χ4v) is 5.48. The molecule has 30 heavy (non-hydrogen) atoms. The van der Waals surface area contributed by atoms with Crippen LogP contribution in [0.2, 0.25) is 0 Å². The van der Waals surface area contributed by atoms with E-state index in [4.69, 9.17) is 4.74 Å². The third-order valence-corrected chi connectivity index (χ3v) is 7.39. The summed E-state index contributed by atoms with van der Waals surface area (Å²) in [7, 11) is -0.0166. The first-order valence-corrected chi connectivity index (χ1v) is 11.4. The summed E-state index contributed by atoms with van der Waals surface area (Å²) >= 11 is 0. The van der Waals surface area contributed by atoms with Crippen LogP contribution in [0.3, 0.4) is 0 Å². The molecule has 2 aromatic carbocycles. The Morgan fingerprint density at radius 3 is 2.57 bits per heavy atom. The molecule has 0 unspecified atom stereocenters. The van der Waals surface area contributed by atoms with Crippen LogP contribution < -0.4 is 4.74 Å². The van der Waals surface area contributed by atoms with Crippen LogP contribution in [0.1, 0.15) is 13.8 Å². The molecule has 1 aliphatic heterocycles. The second-order valence-corrected chi connectivity index (χ2v) is 10.0. The Bertz CT molecular complexity index is 996. The Labute approximate surface area is 177 Å². The number of sulfonamides is 1. The van der Waals surface area contributed by atoms with Crippen LogP contribution in [0.5, 0.6) is 5.75 Å². The number of fused-ring (bicyclic) bond motifs is 1. The molecule has 0 aliphatic carbocycles. The van der Waals surface area contributed by atoms with Gasteiger partial charge in [-0.1, -0.05) is 25.1 Å². The molecule has 2 aromatic rings. The summed E-state index contributed by atoms with van der Waals surface area (Å²) < 4.78 is 48.1. The molecule has 1 N–H and O–H groups in total. The molecule has 0 saturated carbocycles. The quantitative estimate of drug-likeness (QED) is 0.781. The zero-order valence-electron chi connectivity index (χ0n) is 17.7. The smallest absolute Gasteiger partial charge is 0.247 e. The van der Waals surface area contributed by atoms with Gasteiger partial charge in [0.05, 0.1) is 6.61 Å². The van der Waals surface area contributed by atoms with E-state index in [1.807, 2.05) is 25.9 Å². The topological polar surface area (TPSA) is 70.1 Å². The molecule has 0 bridgehead atoms. The van der Waals surface area contributed by atoms with Gasteiger partial charge in [0.15, 0.2) is 0 Å². The fourth-order valence-electron chi connectivity index (χ4n) is 3.65. The van der Waals surface area contributed by atoms with Crippen molar-refractivity contribution < 1.29 is 22.7 Å². The maximum atomic E-state index is 13.7. The van der Waals surface area contributed by atoms with Crippen molar-refractivity contribution in [2.45, 2.75) is 30.9 Å². The second kappa shape index (κ2) is 9.01. The maximum Gasteiger partial charge on any atom is 0.247 e. The van der Waals surface area contributed by atoms with Gasteiger partial charge < -0.3 is 14.7 Å². The van der Waals surface area contributed by atoms with Gasteiger partial charge in [-0.3, -0.25) is 0 Å². The van der Waals surface area contributed by atoms with E-state index in [1.54, 1.807) is 31.2 Å². The fraction of sp³-hybridized carbons (Fsp3) is 0.455. The highest BCUT2D eigenvalue weighted by Crippen LogP contribution is 2.36. The van der Waals surface area contributed by atoms with E-state index in [9.17, 15) is 17.9 Å². The number of ether oxygens (including phenoxy) is 1. The van der Waals surface area contributed by atoms with Crippen molar-refractivity contribution in [1.82, 2.24) is 9.21 Å². The van der Waals surface area contributed by atoms with Gasteiger partial charge in [0.25, 0.3) is 0 Å². The van der Waals surface area contributed by atoms with E-state index >= 15 is 0 Å². The Morgan fingerprint density at radius 2 is 1.93 bits per heavy atom. The monoisotopic (exact) mass is 436 g/mol. The first-order chi connectivity index (χ1) is 14.1. The number of hydrogen-bond acceptors (Lipinski definition) is 5. The summed E-state index contributed by atoms with van der Waals surface area (Å²) in [6, 6.07) is 10.4. The highest BCUT2D eigenvalue weighted by atomic mass is 32.2. The van der Waals surface area contributed by atoms with Gasteiger partial charge in [0.2, 0.25) is 10.0 Å². The minimum Gasteiger partial charge on any atom is -0.487 e. The Hall–Kier alpha value is -2.00. The maximum absolute atomic E-state index is 13.7.